The van der Waals surface area contributed by atoms with E-state index in [4.69, 9.17) is 0 Å². The minimum absolute atomic E-state index is 0.0821. The van der Waals surface area contributed by atoms with Crippen molar-refractivity contribution in [1.82, 2.24) is 14.7 Å². The lowest BCUT2D eigenvalue weighted by Crippen LogP contribution is -2.38. The normalized spacial score (nSPS) is 26.9. The first kappa shape index (κ1) is 26.1. The summed E-state index contributed by atoms with van der Waals surface area (Å²) in [5.41, 5.74) is 2.77. The number of alkyl halides is 2. The molecule has 1 aromatic heterocycles. The summed E-state index contributed by atoms with van der Waals surface area (Å²) in [5, 5.41) is 8.23. The number of Topliss-reactive ketones (excluding diaryl/α,β-unsaturated/α-hetero) is 1. The van der Waals surface area contributed by atoms with Crippen LogP contribution in [-0.4, -0.2) is 45.5 Å². The average Bonchev–Trinajstić information content (AvgIpc) is 3.22. The molecule has 0 radical (unpaired) electrons. The monoisotopic (exact) mass is 534 g/mol. The highest BCUT2D eigenvalue weighted by atomic mass is 19.3. The highest BCUT2D eigenvalue weighted by Gasteiger charge is 2.59. The van der Waals surface area contributed by atoms with Crippen LogP contribution in [0.1, 0.15) is 62.5 Å². The first-order chi connectivity index (χ1) is 18.7. The van der Waals surface area contributed by atoms with Crippen molar-refractivity contribution in [2.24, 2.45) is 24.8 Å². The fourth-order valence-corrected chi connectivity index (χ4v) is 7.04. The van der Waals surface area contributed by atoms with Crippen molar-refractivity contribution in [3.63, 3.8) is 0 Å². The molecule has 1 unspecified atom stereocenters. The van der Waals surface area contributed by atoms with Crippen LogP contribution in [-0.2, 0) is 22.6 Å². The maximum Gasteiger partial charge on any atom is 0.270 e. The number of ketones is 1. The molecule has 2 heterocycles. The van der Waals surface area contributed by atoms with Gasteiger partial charge in [-0.3, -0.25) is 19.2 Å². The second-order valence-corrected chi connectivity index (χ2v) is 11.9. The molecule has 0 bridgehead atoms. The van der Waals surface area contributed by atoms with E-state index in [0.717, 1.165) is 20.0 Å². The lowest BCUT2D eigenvalue weighted by molar-refractivity contribution is -0.124. The number of piperidine rings is 1. The largest absolute Gasteiger partial charge is 0.326 e. The van der Waals surface area contributed by atoms with Crippen molar-refractivity contribution >= 4 is 28.3 Å². The van der Waals surface area contributed by atoms with E-state index in [1.807, 2.05) is 17.9 Å². The third kappa shape index (κ3) is 5.36. The number of carbonyl (C=O) groups excluding carboxylic acids is 2. The van der Waals surface area contributed by atoms with Crippen LogP contribution in [0.25, 0.3) is 10.9 Å². The average molecular weight is 535 g/mol. The van der Waals surface area contributed by atoms with Crippen LogP contribution in [0.4, 0.5) is 14.5 Å². The number of halogens is 2. The number of nitrogens with zero attached hydrogens (tertiary/aromatic N) is 3. The zero-order valence-electron chi connectivity index (χ0n) is 22.6. The van der Waals surface area contributed by atoms with E-state index in [0.29, 0.717) is 29.5 Å². The molecule has 6 nitrogen and oxygen atoms in total. The predicted molar refractivity (Wildman–Crippen MR) is 147 cm³/mol. The molecule has 39 heavy (non-hydrogen) atoms. The summed E-state index contributed by atoms with van der Waals surface area (Å²) < 4.78 is 29.0. The fourth-order valence-electron chi connectivity index (χ4n) is 7.04. The molecule has 206 valence electrons. The number of aryl methyl sites for hydroxylation is 1. The first-order valence-corrected chi connectivity index (χ1v) is 14.1. The van der Waals surface area contributed by atoms with E-state index in [9.17, 15) is 18.4 Å². The standard InChI is InChI=1S/C31H36F2N4O2/c1-31(32,33)22-4-3-5-23(15-22)35-29(39)13-12-28(38)30-25-17-37(18-26(25)30)24-9-6-19(7-10-24)20-8-11-27-21(14-20)16-34-36(27)2/h3-5,8,11,14-16,19,24-26,30H,6-7,9-10,12-13,17-18H2,1-2H3,(H,35,39)/t19?,24?,25-,26+,30?. The number of benzene rings is 2. The van der Waals surface area contributed by atoms with E-state index >= 15 is 0 Å². The van der Waals surface area contributed by atoms with Gasteiger partial charge in [-0.25, -0.2) is 8.78 Å². The van der Waals surface area contributed by atoms with Gasteiger partial charge in [0.1, 0.15) is 5.78 Å². The maximum absolute atomic E-state index is 13.6. The van der Waals surface area contributed by atoms with Gasteiger partial charge in [0.05, 0.1) is 11.7 Å². The summed E-state index contributed by atoms with van der Waals surface area (Å²) in [5.74, 6) is -1.58. The molecule has 3 atom stereocenters. The van der Waals surface area contributed by atoms with Gasteiger partial charge in [0.25, 0.3) is 5.92 Å². The lowest BCUT2D eigenvalue weighted by atomic mass is 9.81. The number of hydrogen-bond donors (Lipinski definition) is 1. The van der Waals surface area contributed by atoms with Crippen molar-refractivity contribution in [1.29, 1.82) is 0 Å². The van der Waals surface area contributed by atoms with E-state index in [1.54, 1.807) is 6.07 Å². The highest BCUT2D eigenvalue weighted by Crippen LogP contribution is 2.54. The molecule has 1 N–H and O–H groups in total. The molecule has 1 saturated heterocycles. The number of fused-ring (bicyclic) bond motifs is 2. The molecule has 2 saturated carbocycles. The Morgan fingerprint density at radius 1 is 1.03 bits per heavy atom. The van der Waals surface area contributed by atoms with Gasteiger partial charge in [0.2, 0.25) is 5.91 Å². The Hall–Kier alpha value is -3.13. The van der Waals surface area contributed by atoms with Gasteiger partial charge >= 0.3 is 0 Å². The molecular formula is C31H36F2N4O2. The van der Waals surface area contributed by atoms with Crippen LogP contribution in [0.3, 0.4) is 0 Å². The summed E-state index contributed by atoms with van der Waals surface area (Å²) in [6.07, 6.45) is 7.01. The van der Waals surface area contributed by atoms with Gasteiger partial charge in [0, 0.05) is 68.5 Å². The predicted octanol–water partition coefficient (Wildman–Crippen LogP) is 5.88. The van der Waals surface area contributed by atoms with E-state index in [1.165, 1.54) is 60.3 Å². The highest BCUT2D eigenvalue weighted by molar-refractivity contribution is 5.94. The number of likely N-dealkylation sites (tertiary alicyclic amines) is 1. The molecule has 0 spiro atoms. The van der Waals surface area contributed by atoms with Crippen LogP contribution >= 0.6 is 0 Å². The van der Waals surface area contributed by atoms with Crippen LogP contribution in [0.5, 0.6) is 0 Å². The molecule has 3 aliphatic rings. The fraction of sp³-hybridized carbons (Fsp3) is 0.516. The molecule has 2 aromatic carbocycles. The number of rotatable bonds is 8. The number of anilines is 1. The smallest absolute Gasteiger partial charge is 0.270 e. The van der Waals surface area contributed by atoms with Gasteiger partial charge < -0.3 is 5.32 Å². The molecule has 3 aromatic rings. The number of nitrogens with one attached hydrogen (secondary N) is 1. The van der Waals surface area contributed by atoms with E-state index < -0.39 is 5.92 Å². The quantitative estimate of drug-likeness (QED) is 0.392. The lowest BCUT2D eigenvalue weighted by Gasteiger charge is -2.36. The van der Waals surface area contributed by atoms with Gasteiger partial charge in [-0.15, -0.1) is 0 Å². The second-order valence-electron chi connectivity index (χ2n) is 11.9. The Morgan fingerprint density at radius 2 is 1.77 bits per heavy atom. The topological polar surface area (TPSA) is 67.2 Å². The molecule has 3 fully saturated rings. The van der Waals surface area contributed by atoms with Gasteiger partial charge in [-0.05, 0) is 73.3 Å². The van der Waals surface area contributed by atoms with Crippen LogP contribution in [0.2, 0.25) is 0 Å². The summed E-state index contributed by atoms with van der Waals surface area (Å²) in [7, 11) is 1.98. The summed E-state index contributed by atoms with van der Waals surface area (Å²) in [6, 6.07) is 13.1. The van der Waals surface area contributed by atoms with Gasteiger partial charge in [-0.2, -0.15) is 5.10 Å². The molecule has 1 amide bonds. The van der Waals surface area contributed by atoms with Crippen molar-refractivity contribution in [3.8, 4) is 0 Å². The van der Waals surface area contributed by atoms with E-state index in [-0.39, 0.29) is 36.0 Å². The zero-order valence-corrected chi connectivity index (χ0v) is 22.6. The molecule has 6 rings (SSSR count). The van der Waals surface area contributed by atoms with Crippen LogP contribution < -0.4 is 5.32 Å². The Bertz CT molecular complexity index is 1380. The van der Waals surface area contributed by atoms with E-state index in [2.05, 4.69) is 33.5 Å². The Balaban J connectivity index is 0.936. The number of aromatic nitrogens is 2. The third-order valence-electron chi connectivity index (χ3n) is 9.30. The van der Waals surface area contributed by atoms with Crippen molar-refractivity contribution in [2.75, 3.05) is 18.4 Å². The Morgan fingerprint density at radius 3 is 2.49 bits per heavy atom. The SMILES string of the molecule is Cn1ncc2cc(C3CCC(N4C[C@@H]5C(C(=O)CCC(=O)Nc6cccc(C(C)(F)F)c6)[C@@H]5C4)CC3)ccc21. The van der Waals surface area contributed by atoms with Crippen molar-refractivity contribution < 1.29 is 18.4 Å². The number of hydrogen-bond acceptors (Lipinski definition) is 4. The van der Waals surface area contributed by atoms with Crippen molar-refractivity contribution in [2.45, 2.75) is 63.3 Å². The minimum atomic E-state index is -2.97. The third-order valence-corrected chi connectivity index (χ3v) is 9.30. The number of carbonyl (C=O) groups is 2. The zero-order chi connectivity index (χ0) is 27.3. The van der Waals surface area contributed by atoms with Gasteiger partial charge in [0.15, 0.2) is 0 Å². The second kappa shape index (κ2) is 10.1. The molecule has 2 aliphatic carbocycles. The first-order valence-electron chi connectivity index (χ1n) is 14.1. The minimum Gasteiger partial charge on any atom is -0.326 e. The molecule has 1 aliphatic heterocycles. The maximum atomic E-state index is 13.6. The Labute approximate surface area is 227 Å². The summed E-state index contributed by atoms with van der Waals surface area (Å²) in [6.45, 7) is 2.81. The van der Waals surface area contributed by atoms with Crippen LogP contribution in [0.15, 0.2) is 48.7 Å². The van der Waals surface area contributed by atoms with Crippen molar-refractivity contribution in [3.05, 3.63) is 59.8 Å². The van der Waals surface area contributed by atoms with Crippen LogP contribution in [0, 0.1) is 17.8 Å². The molecular weight excluding hydrogens is 498 g/mol. The summed E-state index contributed by atoms with van der Waals surface area (Å²) in [4.78, 5) is 27.8. The van der Waals surface area contributed by atoms with Gasteiger partial charge in [-0.1, -0.05) is 18.2 Å². The number of amides is 1. The Kier molecular flexibility index (Phi) is 6.78. The molecule has 8 heteroatoms. The summed E-state index contributed by atoms with van der Waals surface area (Å²) >= 11 is 0.